The molecule has 1 saturated heterocycles. The number of fused-ring (bicyclic) bond motifs is 1. The lowest BCUT2D eigenvalue weighted by Crippen LogP contribution is -2.53. The number of nitrogens with zero attached hydrogens (tertiary/aromatic N) is 2. The summed E-state index contributed by atoms with van der Waals surface area (Å²) in [6.07, 6.45) is 6.98. The van der Waals surface area contributed by atoms with Gasteiger partial charge in [-0.3, -0.25) is 19.2 Å². The van der Waals surface area contributed by atoms with Gasteiger partial charge in [0, 0.05) is 63.9 Å². The number of aliphatic hydroxyl groups excluding tert-OH is 1. The number of nitrogens with one attached hydrogen (secondary N) is 1. The SMILES string of the molecule is CN(C)C(=O)C=Cc1ccc(C(=O)O[C@@H]2CC(C(=O)N(C)[C@H](Cc3ccccc3)C(=O)N[C@H](CO)CCC(=O)OC(C)(C)C)=C[C@H]3OC(C4CC4)(C4CC4)O[C@H]32)cc1. The molecule has 0 radical (unpaired) electrons. The maximum Gasteiger partial charge on any atom is 0.338 e. The first-order valence-corrected chi connectivity index (χ1v) is 20.3. The Morgan fingerprint density at radius 2 is 1.60 bits per heavy atom. The number of hydrogen-bond acceptors (Lipinski definition) is 10. The van der Waals surface area contributed by atoms with Gasteiger partial charge >= 0.3 is 11.9 Å². The van der Waals surface area contributed by atoms with E-state index in [9.17, 15) is 29.1 Å². The molecule has 2 aromatic carbocycles. The van der Waals surface area contributed by atoms with Gasteiger partial charge in [0.2, 0.25) is 17.7 Å². The third kappa shape index (κ3) is 10.6. The summed E-state index contributed by atoms with van der Waals surface area (Å²) >= 11 is 0. The molecule has 13 nitrogen and oxygen atoms in total. The highest BCUT2D eigenvalue weighted by molar-refractivity contribution is 5.97. The van der Waals surface area contributed by atoms with Crippen LogP contribution in [0.5, 0.6) is 0 Å². The zero-order chi connectivity index (χ0) is 41.8. The third-order valence-electron chi connectivity index (χ3n) is 11.0. The minimum atomic E-state index is -0.997. The van der Waals surface area contributed by atoms with Crippen LogP contribution >= 0.6 is 0 Å². The molecule has 3 amide bonds. The molecule has 1 aliphatic heterocycles. The van der Waals surface area contributed by atoms with Crippen molar-refractivity contribution in [1.82, 2.24) is 15.1 Å². The van der Waals surface area contributed by atoms with Crippen molar-refractivity contribution in [2.24, 2.45) is 11.8 Å². The second-order valence-electron chi connectivity index (χ2n) is 17.1. The molecule has 13 heteroatoms. The Morgan fingerprint density at radius 3 is 2.19 bits per heavy atom. The Balaban J connectivity index is 1.22. The van der Waals surface area contributed by atoms with E-state index in [4.69, 9.17) is 18.9 Å². The van der Waals surface area contributed by atoms with E-state index in [1.54, 1.807) is 78.3 Å². The number of hydrogen-bond donors (Lipinski definition) is 2. The van der Waals surface area contributed by atoms with E-state index in [-0.39, 0.29) is 43.4 Å². The number of aliphatic hydroxyl groups is 1. The molecular formula is C45H57N3O10. The molecule has 2 saturated carbocycles. The van der Waals surface area contributed by atoms with Gasteiger partial charge in [0.15, 0.2) is 5.79 Å². The van der Waals surface area contributed by atoms with Crippen molar-refractivity contribution in [1.29, 1.82) is 0 Å². The number of carbonyl (C=O) groups excluding carboxylic acids is 5. The predicted molar refractivity (Wildman–Crippen MR) is 215 cm³/mol. The Morgan fingerprint density at radius 1 is 0.948 bits per heavy atom. The highest BCUT2D eigenvalue weighted by Gasteiger charge is 2.64. The predicted octanol–water partition coefficient (Wildman–Crippen LogP) is 4.61. The van der Waals surface area contributed by atoms with Crippen molar-refractivity contribution < 1.29 is 48.0 Å². The summed E-state index contributed by atoms with van der Waals surface area (Å²) in [7, 11) is 4.89. The third-order valence-corrected chi connectivity index (χ3v) is 11.0. The molecule has 0 bridgehead atoms. The summed E-state index contributed by atoms with van der Waals surface area (Å²) in [6, 6.07) is 14.3. The van der Waals surface area contributed by atoms with Gasteiger partial charge < -0.3 is 39.2 Å². The number of benzene rings is 2. The maximum absolute atomic E-state index is 14.6. The largest absolute Gasteiger partial charge is 0.460 e. The summed E-state index contributed by atoms with van der Waals surface area (Å²) in [5, 5.41) is 13.0. The van der Waals surface area contributed by atoms with Crippen molar-refractivity contribution in [3.8, 4) is 0 Å². The van der Waals surface area contributed by atoms with Gasteiger partial charge in [0.05, 0.1) is 18.2 Å². The van der Waals surface area contributed by atoms with Gasteiger partial charge in [-0.15, -0.1) is 0 Å². The van der Waals surface area contributed by atoms with E-state index in [0.717, 1.165) is 36.8 Å². The van der Waals surface area contributed by atoms with Crippen LogP contribution < -0.4 is 5.32 Å². The summed E-state index contributed by atoms with van der Waals surface area (Å²) in [4.78, 5) is 69.6. The highest BCUT2D eigenvalue weighted by Crippen LogP contribution is 2.59. The first-order valence-electron chi connectivity index (χ1n) is 20.3. The number of rotatable bonds is 16. The lowest BCUT2D eigenvalue weighted by Gasteiger charge is -2.34. The van der Waals surface area contributed by atoms with Crippen LogP contribution in [0.15, 0.2) is 72.3 Å². The van der Waals surface area contributed by atoms with Gasteiger partial charge in [-0.1, -0.05) is 42.5 Å². The number of carbonyl (C=O) groups is 5. The summed E-state index contributed by atoms with van der Waals surface area (Å²) in [6.45, 7) is 4.89. The molecule has 58 heavy (non-hydrogen) atoms. The monoisotopic (exact) mass is 799 g/mol. The zero-order valence-electron chi connectivity index (χ0n) is 34.3. The van der Waals surface area contributed by atoms with Gasteiger partial charge in [0.25, 0.3) is 0 Å². The molecule has 3 aliphatic carbocycles. The first-order chi connectivity index (χ1) is 27.6. The Hall–Kier alpha value is -4.85. The fourth-order valence-corrected chi connectivity index (χ4v) is 7.61. The lowest BCUT2D eigenvalue weighted by atomic mass is 9.90. The van der Waals surface area contributed by atoms with Crippen LogP contribution in [-0.4, -0.2) is 114 Å². The van der Waals surface area contributed by atoms with Crippen LogP contribution in [0.1, 0.15) is 87.2 Å². The molecular weight excluding hydrogens is 743 g/mol. The van der Waals surface area contributed by atoms with Crippen LogP contribution in [0.2, 0.25) is 0 Å². The summed E-state index contributed by atoms with van der Waals surface area (Å²) in [5.41, 5.74) is 1.50. The van der Waals surface area contributed by atoms with E-state index in [1.165, 1.54) is 15.9 Å². The molecule has 0 spiro atoms. The van der Waals surface area contributed by atoms with Crippen LogP contribution in [0.3, 0.4) is 0 Å². The van der Waals surface area contributed by atoms with Crippen LogP contribution in [0, 0.1) is 11.8 Å². The summed E-state index contributed by atoms with van der Waals surface area (Å²) in [5.74, 6) is -2.47. The minimum Gasteiger partial charge on any atom is -0.460 e. The fourth-order valence-electron chi connectivity index (χ4n) is 7.61. The Labute approximate surface area is 340 Å². The van der Waals surface area contributed by atoms with Crippen molar-refractivity contribution >= 4 is 35.7 Å². The highest BCUT2D eigenvalue weighted by atomic mass is 16.8. The zero-order valence-corrected chi connectivity index (χ0v) is 34.3. The number of likely N-dealkylation sites (N-methyl/N-ethyl adjacent to an activating group) is 2. The van der Waals surface area contributed by atoms with E-state index < -0.39 is 72.1 Å². The van der Waals surface area contributed by atoms with Gasteiger partial charge in [0.1, 0.15) is 30.0 Å². The smallest absolute Gasteiger partial charge is 0.338 e. The van der Waals surface area contributed by atoms with E-state index in [1.807, 2.05) is 30.3 Å². The average Bonchev–Trinajstić information content (AvgIpc) is 4.14. The number of amides is 3. The second kappa shape index (κ2) is 18.0. The normalized spacial score (nSPS) is 22.3. The molecule has 4 aliphatic rings. The Kier molecular flexibility index (Phi) is 13.2. The molecule has 2 N–H and O–H groups in total. The molecule has 3 fully saturated rings. The Bertz CT molecular complexity index is 1870. The average molecular weight is 800 g/mol. The molecule has 6 rings (SSSR count). The molecule has 1 heterocycles. The first kappa shape index (κ1) is 42.7. The van der Waals surface area contributed by atoms with Crippen LogP contribution in [-0.2, 0) is 44.5 Å². The minimum absolute atomic E-state index is 0.0132. The molecule has 0 unspecified atom stereocenters. The van der Waals surface area contributed by atoms with Crippen molar-refractivity contribution in [3.63, 3.8) is 0 Å². The van der Waals surface area contributed by atoms with E-state index >= 15 is 0 Å². The van der Waals surface area contributed by atoms with Crippen LogP contribution in [0.4, 0.5) is 0 Å². The van der Waals surface area contributed by atoms with Gasteiger partial charge in [-0.05, 0) is 88.3 Å². The number of esters is 2. The molecule has 312 valence electrons. The van der Waals surface area contributed by atoms with Crippen molar-refractivity contribution in [2.45, 2.75) is 114 Å². The standard InChI is InChI=1S/C45H57N3O10/c1-44(2,3)57-39(51)23-21-34(27-49)46-41(52)35(24-29-10-8-7-9-11-29)48(6)42(53)31-25-36(40-37(26-31)56-45(58-40,32-17-18-32)33-19-20-33)55-43(54)30-15-12-28(13-16-30)14-22-38(50)47(4)5/h7-16,22,26,32-37,40,49H,17-21,23-25,27H2,1-6H3,(H,46,52)/t34-,35+,36+,37+,40-/m0/s1. The quantitative estimate of drug-likeness (QED) is 0.181. The second-order valence-corrected chi connectivity index (χ2v) is 17.1. The topological polar surface area (TPSA) is 161 Å². The van der Waals surface area contributed by atoms with Crippen molar-refractivity contribution in [2.75, 3.05) is 27.7 Å². The molecule has 0 aromatic heterocycles. The van der Waals surface area contributed by atoms with Crippen molar-refractivity contribution in [3.05, 3.63) is 89.0 Å². The maximum atomic E-state index is 14.6. The molecule has 5 atom stereocenters. The van der Waals surface area contributed by atoms with Gasteiger partial charge in [-0.2, -0.15) is 0 Å². The summed E-state index contributed by atoms with van der Waals surface area (Å²) < 4.78 is 25.1. The number of ether oxygens (including phenoxy) is 4. The lowest BCUT2D eigenvalue weighted by molar-refractivity contribution is -0.209. The van der Waals surface area contributed by atoms with E-state index in [0.29, 0.717) is 11.1 Å². The molecule has 2 aromatic rings. The van der Waals surface area contributed by atoms with E-state index in [2.05, 4.69) is 5.32 Å². The van der Waals surface area contributed by atoms with Gasteiger partial charge in [-0.25, -0.2) is 4.79 Å². The van der Waals surface area contributed by atoms with Crippen LogP contribution in [0.25, 0.3) is 6.08 Å². The fraction of sp³-hybridized carbons (Fsp3) is 0.533.